The van der Waals surface area contributed by atoms with E-state index in [0.717, 1.165) is 5.56 Å². The van der Waals surface area contributed by atoms with Crippen LogP contribution in [0.5, 0.6) is 0 Å². The van der Waals surface area contributed by atoms with Crippen molar-refractivity contribution in [2.75, 3.05) is 13.6 Å². The van der Waals surface area contributed by atoms with Crippen LogP contribution in [0.15, 0.2) is 59.5 Å². The Balaban J connectivity index is 2.15. The molecule has 1 atom stereocenters. The number of carbonyl (C=O) groups is 2. The summed E-state index contributed by atoms with van der Waals surface area (Å²) in [6, 6.07) is 14.7. The molecule has 0 saturated heterocycles. The summed E-state index contributed by atoms with van der Waals surface area (Å²) in [4.78, 5) is 28.2. The molecule has 35 heavy (non-hydrogen) atoms. The van der Waals surface area contributed by atoms with Gasteiger partial charge in [-0.25, -0.2) is 12.7 Å². The first-order valence-corrected chi connectivity index (χ1v) is 13.5. The van der Waals surface area contributed by atoms with Crippen molar-refractivity contribution in [3.8, 4) is 0 Å². The average molecular weight is 522 g/mol. The molecule has 9 heteroatoms. The molecular weight excluding hydrogens is 486 g/mol. The van der Waals surface area contributed by atoms with E-state index in [0.29, 0.717) is 17.9 Å². The molecule has 0 heterocycles. The Hall–Kier alpha value is -2.42. The SMILES string of the molecule is CCC(C(=O)NC(C)(C)C)N(Cc1ccc(Cl)cc1)C(=O)CCCN(C)S(=O)(=O)c1ccccc1. The van der Waals surface area contributed by atoms with Gasteiger partial charge >= 0.3 is 0 Å². The van der Waals surface area contributed by atoms with E-state index in [1.807, 2.05) is 39.8 Å². The summed E-state index contributed by atoms with van der Waals surface area (Å²) in [5, 5.41) is 3.56. The molecule has 0 aliphatic heterocycles. The zero-order chi connectivity index (χ0) is 26.2. The van der Waals surface area contributed by atoms with Gasteiger partial charge in [-0.1, -0.05) is 48.9 Å². The molecule has 2 aromatic rings. The standard InChI is InChI=1S/C26H36ClN3O4S/c1-6-23(25(32)28-26(2,3)4)30(19-20-14-16-21(27)17-15-20)24(31)13-10-18-29(5)35(33,34)22-11-8-7-9-12-22/h7-9,11-12,14-17,23H,6,10,13,18-19H2,1-5H3,(H,28,32). The van der Waals surface area contributed by atoms with Gasteiger partial charge in [0.2, 0.25) is 21.8 Å². The molecule has 2 rings (SSSR count). The Kier molecular flexibility index (Phi) is 10.3. The Morgan fingerprint density at radius 2 is 1.63 bits per heavy atom. The highest BCUT2D eigenvalue weighted by atomic mass is 35.5. The Morgan fingerprint density at radius 1 is 1.03 bits per heavy atom. The summed E-state index contributed by atoms with van der Waals surface area (Å²) < 4.78 is 26.8. The highest BCUT2D eigenvalue weighted by Gasteiger charge is 2.30. The second-order valence-corrected chi connectivity index (χ2v) is 12.0. The minimum absolute atomic E-state index is 0.113. The van der Waals surface area contributed by atoms with Gasteiger partial charge in [-0.2, -0.15) is 0 Å². The number of hydrogen-bond acceptors (Lipinski definition) is 4. The maximum atomic E-state index is 13.3. The number of halogens is 1. The highest BCUT2D eigenvalue weighted by Crippen LogP contribution is 2.18. The quantitative estimate of drug-likeness (QED) is 0.473. The van der Waals surface area contributed by atoms with Gasteiger partial charge in [-0.15, -0.1) is 0 Å². The van der Waals surface area contributed by atoms with Gasteiger partial charge in [-0.3, -0.25) is 9.59 Å². The van der Waals surface area contributed by atoms with Crippen molar-refractivity contribution < 1.29 is 18.0 Å². The van der Waals surface area contributed by atoms with Gasteiger partial charge in [0.1, 0.15) is 6.04 Å². The molecular formula is C26H36ClN3O4S. The molecule has 0 aliphatic rings. The van der Waals surface area contributed by atoms with E-state index in [2.05, 4.69) is 5.32 Å². The zero-order valence-corrected chi connectivity index (χ0v) is 22.7. The molecule has 2 aromatic carbocycles. The molecule has 7 nitrogen and oxygen atoms in total. The van der Waals surface area contributed by atoms with Crippen molar-refractivity contribution in [3.05, 3.63) is 65.2 Å². The second kappa shape index (κ2) is 12.5. The summed E-state index contributed by atoms with van der Waals surface area (Å²) in [7, 11) is -2.13. The van der Waals surface area contributed by atoms with Crippen molar-refractivity contribution in [2.45, 2.75) is 70.0 Å². The number of hydrogen-bond donors (Lipinski definition) is 1. The van der Waals surface area contributed by atoms with Crippen LogP contribution in [0.1, 0.15) is 52.5 Å². The van der Waals surface area contributed by atoms with Crippen LogP contribution in [-0.2, 0) is 26.2 Å². The topological polar surface area (TPSA) is 86.8 Å². The van der Waals surface area contributed by atoms with Crippen LogP contribution in [0, 0.1) is 0 Å². The van der Waals surface area contributed by atoms with Crippen LogP contribution in [0.25, 0.3) is 0 Å². The van der Waals surface area contributed by atoms with Crippen LogP contribution in [0.3, 0.4) is 0 Å². The molecule has 0 spiro atoms. The number of nitrogens with zero attached hydrogens (tertiary/aromatic N) is 2. The van der Waals surface area contributed by atoms with E-state index in [1.54, 1.807) is 47.4 Å². The van der Waals surface area contributed by atoms with E-state index in [9.17, 15) is 18.0 Å². The first-order chi connectivity index (χ1) is 16.3. The van der Waals surface area contributed by atoms with Gasteiger partial charge in [-0.05, 0) is 63.4 Å². The smallest absolute Gasteiger partial charge is 0.243 e. The molecule has 0 saturated carbocycles. The normalized spacial score (nSPS) is 12.9. The van der Waals surface area contributed by atoms with E-state index in [-0.39, 0.29) is 36.2 Å². The number of benzene rings is 2. The summed E-state index contributed by atoms with van der Waals surface area (Å²) in [5.41, 5.74) is 0.419. The third-order valence-electron chi connectivity index (χ3n) is 5.47. The van der Waals surface area contributed by atoms with Crippen LogP contribution in [-0.4, -0.2) is 54.6 Å². The van der Waals surface area contributed by atoms with Crippen LogP contribution in [0.2, 0.25) is 5.02 Å². The number of carbonyl (C=O) groups excluding carboxylic acids is 2. The molecule has 0 fully saturated rings. The predicted octanol–water partition coefficient (Wildman–Crippen LogP) is 4.46. The minimum atomic E-state index is -3.63. The summed E-state index contributed by atoms with van der Waals surface area (Å²) in [5.74, 6) is -0.424. The first-order valence-electron chi connectivity index (χ1n) is 11.7. The molecule has 2 amide bonds. The van der Waals surface area contributed by atoms with Crippen LogP contribution in [0.4, 0.5) is 0 Å². The summed E-state index contributed by atoms with van der Waals surface area (Å²) >= 11 is 6.00. The number of rotatable bonds is 11. The Morgan fingerprint density at radius 3 is 2.17 bits per heavy atom. The van der Waals surface area contributed by atoms with Gasteiger partial charge in [0.05, 0.1) is 4.90 Å². The number of amides is 2. The minimum Gasteiger partial charge on any atom is -0.350 e. The monoisotopic (exact) mass is 521 g/mol. The van der Waals surface area contributed by atoms with Gasteiger partial charge in [0.15, 0.2) is 0 Å². The van der Waals surface area contributed by atoms with E-state index < -0.39 is 21.6 Å². The van der Waals surface area contributed by atoms with Crippen LogP contribution < -0.4 is 5.32 Å². The lowest BCUT2D eigenvalue weighted by atomic mass is 10.0. The molecule has 1 unspecified atom stereocenters. The molecule has 0 bridgehead atoms. The van der Waals surface area contributed by atoms with E-state index >= 15 is 0 Å². The maximum absolute atomic E-state index is 13.3. The lowest BCUT2D eigenvalue weighted by Gasteiger charge is -2.33. The first kappa shape index (κ1) is 28.8. The Labute approximate surface area is 214 Å². The molecule has 192 valence electrons. The average Bonchev–Trinajstić information content (AvgIpc) is 2.79. The van der Waals surface area contributed by atoms with Gasteiger partial charge < -0.3 is 10.2 Å². The van der Waals surface area contributed by atoms with Crippen LogP contribution >= 0.6 is 11.6 Å². The molecule has 0 radical (unpaired) electrons. The fraction of sp³-hybridized carbons (Fsp3) is 0.462. The lowest BCUT2D eigenvalue weighted by molar-refractivity contribution is -0.142. The van der Waals surface area contributed by atoms with E-state index in [4.69, 9.17) is 11.6 Å². The predicted molar refractivity (Wildman–Crippen MR) is 139 cm³/mol. The van der Waals surface area contributed by atoms with Crippen molar-refractivity contribution in [2.24, 2.45) is 0 Å². The zero-order valence-electron chi connectivity index (χ0n) is 21.1. The summed E-state index contributed by atoms with van der Waals surface area (Å²) in [6.07, 6.45) is 0.890. The van der Waals surface area contributed by atoms with Gasteiger partial charge in [0.25, 0.3) is 0 Å². The third-order valence-corrected chi connectivity index (χ3v) is 7.59. The maximum Gasteiger partial charge on any atom is 0.243 e. The van der Waals surface area contributed by atoms with E-state index in [1.165, 1.54) is 11.4 Å². The lowest BCUT2D eigenvalue weighted by Crippen LogP contribution is -2.53. The molecule has 0 aliphatic carbocycles. The number of nitrogens with one attached hydrogen (secondary N) is 1. The van der Waals surface area contributed by atoms with Crippen molar-refractivity contribution in [3.63, 3.8) is 0 Å². The molecule has 0 aromatic heterocycles. The van der Waals surface area contributed by atoms with Gasteiger partial charge in [0, 0.05) is 37.1 Å². The van der Waals surface area contributed by atoms with Crippen molar-refractivity contribution in [1.82, 2.24) is 14.5 Å². The summed E-state index contributed by atoms with van der Waals surface area (Å²) in [6.45, 7) is 7.99. The fourth-order valence-electron chi connectivity index (χ4n) is 3.65. The largest absolute Gasteiger partial charge is 0.350 e. The third kappa shape index (κ3) is 8.63. The second-order valence-electron chi connectivity index (χ2n) is 9.55. The Bertz CT molecular complexity index is 1080. The van der Waals surface area contributed by atoms with Crippen molar-refractivity contribution in [1.29, 1.82) is 0 Å². The van der Waals surface area contributed by atoms with Crippen molar-refractivity contribution >= 4 is 33.4 Å². The highest BCUT2D eigenvalue weighted by molar-refractivity contribution is 7.89. The fourth-order valence-corrected chi connectivity index (χ4v) is 5.00. The molecule has 1 N–H and O–H groups in total. The number of sulfonamides is 1.